The van der Waals surface area contributed by atoms with E-state index >= 15 is 0 Å². The number of esters is 1. The van der Waals surface area contributed by atoms with Gasteiger partial charge in [0.2, 0.25) is 5.91 Å². The van der Waals surface area contributed by atoms with Gasteiger partial charge >= 0.3 is 5.97 Å². The molecule has 1 aliphatic heterocycles. The molecule has 148 valence electrons. The zero-order valence-corrected chi connectivity index (χ0v) is 16.6. The van der Waals surface area contributed by atoms with Crippen molar-refractivity contribution in [1.82, 2.24) is 10.2 Å². The Kier molecular flexibility index (Phi) is 6.81. The highest BCUT2D eigenvalue weighted by atomic mass is 32.1. The fourth-order valence-corrected chi connectivity index (χ4v) is 4.00. The molecule has 2 aromatic rings. The molecule has 2 heterocycles. The average Bonchev–Trinajstić information content (AvgIpc) is 3.22. The van der Waals surface area contributed by atoms with Gasteiger partial charge in [-0.15, -0.1) is 11.3 Å². The van der Waals surface area contributed by atoms with E-state index in [0.29, 0.717) is 24.4 Å². The van der Waals surface area contributed by atoms with Crippen molar-refractivity contribution in [3.05, 3.63) is 58.3 Å². The van der Waals surface area contributed by atoms with Crippen LogP contribution in [0.4, 0.5) is 0 Å². The molecule has 1 aromatic carbocycles. The van der Waals surface area contributed by atoms with Crippen LogP contribution in [-0.4, -0.2) is 47.9 Å². The van der Waals surface area contributed by atoms with Gasteiger partial charge in [0.15, 0.2) is 0 Å². The van der Waals surface area contributed by atoms with E-state index in [4.69, 9.17) is 4.74 Å². The Balaban J connectivity index is 1.73. The summed E-state index contributed by atoms with van der Waals surface area (Å²) in [4.78, 5) is 39.3. The van der Waals surface area contributed by atoms with Crippen LogP contribution < -0.4 is 5.32 Å². The highest BCUT2D eigenvalue weighted by Crippen LogP contribution is 2.17. The van der Waals surface area contributed by atoms with Crippen LogP contribution in [0.25, 0.3) is 0 Å². The molecule has 3 rings (SSSR count). The minimum absolute atomic E-state index is 0.148. The van der Waals surface area contributed by atoms with E-state index in [1.165, 1.54) is 18.3 Å². The maximum absolute atomic E-state index is 13.2. The van der Waals surface area contributed by atoms with E-state index in [-0.39, 0.29) is 23.9 Å². The van der Waals surface area contributed by atoms with Crippen LogP contribution in [0.3, 0.4) is 0 Å². The molecule has 7 heteroatoms. The summed E-state index contributed by atoms with van der Waals surface area (Å²) < 4.78 is 5.29. The number of likely N-dealkylation sites (tertiary alicyclic amines) is 1. The van der Waals surface area contributed by atoms with E-state index in [0.717, 1.165) is 18.4 Å². The number of carbonyl (C=O) groups is 3. The van der Waals surface area contributed by atoms with Gasteiger partial charge in [-0.1, -0.05) is 36.4 Å². The van der Waals surface area contributed by atoms with E-state index in [2.05, 4.69) is 5.32 Å². The van der Waals surface area contributed by atoms with Gasteiger partial charge in [-0.3, -0.25) is 14.4 Å². The minimum atomic E-state index is -0.673. The molecule has 0 unspecified atom stereocenters. The van der Waals surface area contributed by atoms with Gasteiger partial charge < -0.3 is 15.0 Å². The number of hydrogen-bond acceptors (Lipinski definition) is 5. The Morgan fingerprint density at radius 1 is 1.21 bits per heavy atom. The summed E-state index contributed by atoms with van der Waals surface area (Å²) in [5.74, 6) is -0.741. The molecule has 2 atom stereocenters. The molecule has 0 spiro atoms. The first-order valence-electron chi connectivity index (χ1n) is 9.37. The third-order valence-corrected chi connectivity index (χ3v) is 5.52. The van der Waals surface area contributed by atoms with Gasteiger partial charge in [-0.05, 0) is 29.9 Å². The quantitative estimate of drug-likeness (QED) is 0.757. The predicted molar refractivity (Wildman–Crippen MR) is 107 cm³/mol. The number of nitrogens with zero attached hydrogens (tertiary/aromatic N) is 1. The van der Waals surface area contributed by atoms with E-state index in [1.807, 2.05) is 41.8 Å². The van der Waals surface area contributed by atoms with Gasteiger partial charge in [0, 0.05) is 19.9 Å². The third kappa shape index (κ3) is 5.42. The lowest BCUT2D eigenvalue weighted by molar-refractivity contribution is -0.152. The Bertz CT molecular complexity index is 807. The second-order valence-electron chi connectivity index (χ2n) is 6.85. The van der Waals surface area contributed by atoms with Crippen molar-refractivity contribution in [1.29, 1.82) is 0 Å². The van der Waals surface area contributed by atoms with E-state index in [9.17, 15) is 14.4 Å². The lowest BCUT2D eigenvalue weighted by atomic mass is 10.0. The van der Waals surface area contributed by atoms with Crippen LogP contribution in [0.15, 0.2) is 47.8 Å². The molecule has 1 aromatic heterocycles. The SMILES string of the molecule is CC(=O)O[C@@H]1CCCN(C(=O)[C@H](Cc2ccccc2)NC(=O)c2cccs2)C1. The molecular formula is C21H24N2O4S. The van der Waals surface area contributed by atoms with Crippen molar-refractivity contribution < 1.29 is 19.1 Å². The van der Waals surface area contributed by atoms with Gasteiger partial charge in [0.1, 0.15) is 12.1 Å². The second-order valence-corrected chi connectivity index (χ2v) is 7.80. The van der Waals surface area contributed by atoms with Crippen LogP contribution in [-0.2, 0) is 20.7 Å². The molecular weight excluding hydrogens is 376 g/mol. The van der Waals surface area contributed by atoms with Gasteiger partial charge in [-0.25, -0.2) is 0 Å². The first kappa shape index (κ1) is 20.1. The van der Waals surface area contributed by atoms with Crippen LogP contribution in [0, 0.1) is 0 Å². The average molecular weight is 401 g/mol. The largest absolute Gasteiger partial charge is 0.461 e. The summed E-state index contributed by atoms with van der Waals surface area (Å²) >= 11 is 1.34. The number of nitrogens with one attached hydrogen (secondary N) is 1. The van der Waals surface area contributed by atoms with Crippen molar-refractivity contribution in [3.63, 3.8) is 0 Å². The van der Waals surface area contributed by atoms with Crippen molar-refractivity contribution in [2.75, 3.05) is 13.1 Å². The number of amides is 2. The zero-order valence-electron chi connectivity index (χ0n) is 15.8. The molecule has 1 fully saturated rings. The van der Waals surface area contributed by atoms with Gasteiger partial charge in [0.05, 0.1) is 11.4 Å². The number of carbonyl (C=O) groups excluding carboxylic acids is 3. The number of rotatable bonds is 6. The molecule has 28 heavy (non-hydrogen) atoms. The second kappa shape index (κ2) is 9.50. The number of thiophene rings is 1. The van der Waals surface area contributed by atoms with E-state index < -0.39 is 6.04 Å². The predicted octanol–water partition coefficient (Wildman–Crippen LogP) is 2.64. The fourth-order valence-electron chi connectivity index (χ4n) is 3.38. The number of ether oxygens (including phenoxy) is 1. The normalized spacial score (nSPS) is 17.6. The summed E-state index contributed by atoms with van der Waals surface area (Å²) in [6, 6.07) is 12.5. The van der Waals surface area contributed by atoms with Crippen LogP contribution in [0.1, 0.15) is 35.0 Å². The number of benzene rings is 1. The summed E-state index contributed by atoms with van der Waals surface area (Å²) in [5.41, 5.74) is 0.973. The number of hydrogen-bond donors (Lipinski definition) is 1. The molecule has 1 saturated heterocycles. The first-order chi connectivity index (χ1) is 13.5. The Morgan fingerprint density at radius 2 is 2.00 bits per heavy atom. The molecule has 0 aliphatic carbocycles. The lowest BCUT2D eigenvalue weighted by Crippen LogP contribution is -2.53. The standard InChI is InChI=1S/C21H24N2O4S/c1-15(24)27-17-9-5-11-23(14-17)21(26)18(13-16-7-3-2-4-8-16)22-20(25)19-10-6-12-28-19/h2-4,6-8,10,12,17-18H,5,9,11,13-14H2,1H3,(H,22,25)/t17-,18+/m1/s1. The van der Waals surface area contributed by atoms with Crippen molar-refractivity contribution in [2.24, 2.45) is 0 Å². The fraction of sp³-hybridized carbons (Fsp3) is 0.381. The molecule has 0 radical (unpaired) electrons. The number of piperidine rings is 1. The van der Waals surface area contributed by atoms with Crippen molar-refractivity contribution >= 4 is 29.1 Å². The summed E-state index contributed by atoms with van der Waals surface area (Å²) in [7, 11) is 0. The maximum atomic E-state index is 13.2. The molecule has 0 saturated carbocycles. The Labute approximate surface area is 168 Å². The third-order valence-electron chi connectivity index (χ3n) is 4.65. The maximum Gasteiger partial charge on any atom is 0.302 e. The van der Waals surface area contributed by atoms with E-state index in [1.54, 1.807) is 11.0 Å². The molecule has 2 amide bonds. The summed E-state index contributed by atoms with van der Waals surface area (Å²) in [5, 5.41) is 4.72. The molecule has 6 nitrogen and oxygen atoms in total. The smallest absolute Gasteiger partial charge is 0.302 e. The van der Waals surface area contributed by atoms with Gasteiger partial charge in [0.25, 0.3) is 5.91 Å². The van der Waals surface area contributed by atoms with Crippen LogP contribution in [0.2, 0.25) is 0 Å². The summed E-state index contributed by atoms with van der Waals surface area (Å²) in [6.07, 6.45) is 1.63. The van der Waals surface area contributed by atoms with Crippen molar-refractivity contribution in [2.45, 2.75) is 38.3 Å². The minimum Gasteiger partial charge on any atom is -0.461 e. The highest BCUT2D eigenvalue weighted by molar-refractivity contribution is 7.12. The zero-order chi connectivity index (χ0) is 19.9. The molecule has 1 aliphatic rings. The van der Waals surface area contributed by atoms with Crippen LogP contribution >= 0.6 is 11.3 Å². The van der Waals surface area contributed by atoms with Crippen molar-refractivity contribution in [3.8, 4) is 0 Å². The Hall–Kier alpha value is -2.67. The molecule has 1 N–H and O–H groups in total. The Morgan fingerprint density at radius 3 is 2.68 bits per heavy atom. The highest BCUT2D eigenvalue weighted by Gasteiger charge is 2.31. The van der Waals surface area contributed by atoms with Crippen LogP contribution in [0.5, 0.6) is 0 Å². The topological polar surface area (TPSA) is 75.7 Å². The lowest BCUT2D eigenvalue weighted by Gasteiger charge is -2.34. The molecule has 0 bridgehead atoms. The summed E-state index contributed by atoms with van der Waals surface area (Å²) in [6.45, 7) is 2.33. The monoisotopic (exact) mass is 400 g/mol. The first-order valence-corrected chi connectivity index (χ1v) is 10.2. The van der Waals surface area contributed by atoms with Gasteiger partial charge in [-0.2, -0.15) is 0 Å².